The van der Waals surface area contributed by atoms with Crippen LogP contribution in [0.2, 0.25) is 0 Å². The molecular formula is C31H42FN9O7S. The second-order valence-corrected chi connectivity index (χ2v) is 15.6. The topological polar surface area (TPSA) is 207 Å². The fourth-order valence-corrected chi connectivity index (χ4v) is 7.25. The number of carbonyl (C=O) groups excluding carboxylic acids is 4. The van der Waals surface area contributed by atoms with E-state index in [1.54, 1.807) is 52.1 Å². The largest absolute Gasteiger partial charge is 0.497 e. The van der Waals surface area contributed by atoms with Crippen LogP contribution in [0.25, 0.3) is 11.4 Å². The van der Waals surface area contributed by atoms with E-state index >= 15 is 0 Å². The molecule has 1 aromatic heterocycles. The molecule has 0 radical (unpaired) electrons. The van der Waals surface area contributed by atoms with Crippen LogP contribution in [0.4, 0.5) is 9.18 Å². The molecule has 5 atom stereocenters. The van der Waals surface area contributed by atoms with Crippen LogP contribution in [0.1, 0.15) is 52.5 Å². The first-order chi connectivity index (χ1) is 23.1. The molecule has 2 aromatic rings. The molecule has 0 spiro atoms. The summed E-state index contributed by atoms with van der Waals surface area (Å²) in [6, 6.07) is 3.27. The normalized spacial score (nSPS) is 24.0. The number of carbonyl (C=O) groups is 4. The van der Waals surface area contributed by atoms with Crippen LogP contribution in [0.15, 0.2) is 36.9 Å². The number of hydrogen-bond donors (Lipinski definition) is 4. The van der Waals surface area contributed by atoms with Crippen LogP contribution in [-0.2, 0) is 24.4 Å². The van der Waals surface area contributed by atoms with Gasteiger partial charge in [-0.1, -0.05) is 26.8 Å². The average molecular weight is 704 g/mol. The Bertz CT molecular complexity index is 1710. The molecule has 266 valence electrons. The predicted molar refractivity (Wildman–Crippen MR) is 174 cm³/mol. The maximum atomic E-state index is 14.3. The predicted octanol–water partition coefficient (Wildman–Crippen LogP) is 0.843. The number of nitrogens with one attached hydrogen (secondary N) is 4. The van der Waals surface area contributed by atoms with Crippen LogP contribution in [0.3, 0.4) is 0 Å². The summed E-state index contributed by atoms with van der Waals surface area (Å²) in [5, 5.41) is 19.9. The van der Waals surface area contributed by atoms with Gasteiger partial charge in [-0.15, -0.1) is 16.8 Å². The fraction of sp³-hybridized carbons (Fsp3) is 0.581. The molecular weight excluding hydrogens is 661 g/mol. The number of nitrogens with zero attached hydrogens (tertiary/aromatic N) is 5. The van der Waals surface area contributed by atoms with E-state index in [-0.39, 0.29) is 25.9 Å². The van der Waals surface area contributed by atoms with Gasteiger partial charge in [0.05, 0.1) is 18.4 Å². The minimum Gasteiger partial charge on any atom is -0.497 e. The van der Waals surface area contributed by atoms with Gasteiger partial charge in [0.2, 0.25) is 27.7 Å². The van der Waals surface area contributed by atoms with Crippen LogP contribution in [-0.4, -0.2) is 107 Å². The fourth-order valence-electron chi connectivity index (χ4n) is 5.89. The summed E-state index contributed by atoms with van der Waals surface area (Å²) in [5.74, 6) is -1.78. The first-order valence-electron chi connectivity index (χ1n) is 16.0. The third-order valence-electron chi connectivity index (χ3n) is 8.99. The highest BCUT2D eigenvalue weighted by Gasteiger charge is 2.62. The lowest BCUT2D eigenvalue weighted by atomic mass is 9.85. The van der Waals surface area contributed by atoms with Crippen LogP contribution in [0.5, 0.6) is 5.75 Å². The Morgan fingerprint density at radius 3 is 2.45 bits per heavy atom. The Morgan fingerprint density at radius 1 is 1.18 bits per heavy atom. The third-order valence-corrected chi connectivity index (χ3v) is 10.8. The van der Waals surface area contributed by atoms with Crippen molar-refractivity contribution in [1.82, 2.24) is 45.8 Å². The molecule has 1 saturated heterocycles. The van der Waals surface area contributed by atoms with Gasteiger partial charge in [-0.2, -0.15) is 4.80 Å². The number of aromatic nitrogens is 4. The number of ether oxygens (including phenoxy) is 1. The van der Waals surface area contributed by atoms with E-state index in [0.29, 0.717) is 30.0 Å². The summed E-state index contributed by atoms with van der Waals surface area (Å²) in [6.45, 7) is 7.80. The van der Waals surface area contributed by atoms with E-state index in [2.05, 4.69) is 42.7 Å². The van der Waals surface area contributed by atoms with Gasteiger partial charge in [-0.25, -0.2) is 17.6 Å². The Morgan fingerprint density at radius 2 is 1.88 bits per heavy atom. The highest BCUT2D eigenvalue weighted by atomic mass is 32.2. The number of benzene rings is 1. The number of hydrogen-bond acceptors (Lipinski definition) is 10. The number of likely N-dealkylation sites (tertiary alicyclic amines) is 1. The van der Waals surface area contributed by atoms with Gasteiger partial charge in [-0.3, -0.25) is 19.1 Å². The number of urea groups is 1. The quantitative estimate of drug-likeness (QED) is 0.216. The molecule has 18 heteroatoms. The third kappa shape index (κ3) is 7.68. The van der Waals surface area contributed by atoms with Gasteiger partial charge in [0, 0.05) is 31.0 Å². The Hall–Kier alpha value is -4.61. The van der Waals surface area contributed by atoms with Crippen molar-refractivity contribution in [3.8, 4) is 17.1 Å². The summed E-state index contributed by atoms with van der Waals surface area (Å²) >= 11 is 0. The summed E-state index contributed by atoms with van der Waals surface area (Å²) in [4.78, 5) is 56.9. The molecule has 3 fully saturated rings. The van der Waals surface area contributed by atoms with Crippen LogP contribution >= 0.6 is 0 Å². The summed E-state index contributed by atoms with van der Waals surface area (Å²) in [7, 11) is -2.36. The summed E-state index contributed by atoms with van der Waals surface area (Å²) < 4.78 is 45.3. The van der Waals surface area contributed by atoms with Gasteiger partial charge in [0.15, 0.2) is 0 Å². The maximum Gasteiger partial charge on any atom is 0.315 e. The van der Waals surface area contributed by atoms with Crippen molar-refractivity contribution >= 4 is 33.8 Å². The van der Waals surface area contributed by atoms with Gasteiger partial charge in [0.1, 0.15) is 30.0 Å². The number of amides is 5. The molecule has 5 amide bonds. The molecule has 0 unspecified atom stereocenters. The lowest BCUT2D eigenvalue weighted by molar-refractivity contribution is -0.142. The molecule has 2 heterocycles. The minimum absolute atomic E-state index is 0.0116. The first-order valence-corrected chi connectivity index (χ1v) is 17.5. The molecule has 1 aromatic carbocycles. The van der Waals surface area contributed by atoms with Crippen LogP contribution < -0.4 is 25.4 Å². The van der Waals surface area contributed by atoms with E-state index in [9.17, 15) is 32.0 Å². The highest BCUT2D eigenvalue weighted by Crippen LogP contribution is 2.45. The zero-order valence-electron chi connectivity index (χ0n) is 27.8. The zero-order valence-corrected chi connectivity index (χ0v) is 28.6. The Labute approximate surface area is 283 Å². The lowest BCUT2D eigenvalue weighted by Crippen LogP contribution is -2.61. The van der Waals surface area contributed by atoms with Crippen molar-refractivity contribution < 1.29 is 36.7 Å². The number of rotatable bonds is 13. The van der Waals surface area contributed by atoms with E-state index in [4.69, 9.17) is 4.74 Å². The lowest BCUT2D eigenvalue weighted by Gasteiger charge is -2.35. The van der Waals surface area contributed by atoms with E-state index in [1.807, 2.05) is 0 Å². The summed E-state index contributed by atoms with van der Waals surface area (Å²) in [6.07, 6.45) is 2.49. The highest BCUT2D eigenvalue weighted by molar-refractivity contribution is 7.91. The van der Waals surface area contributed by atoms with Gasteiger partial charge >= 0.3 is 6.03 Å². The van der Waals surface area contributed by atoms with Crippen molar-refractivity contribution in [3.63, 3.8) is 0 Å². The molecule has 1 aliphatic heterocycles. The second kappa shape index (κ2) is 13.7. The van der Waals surface area contributed by atoms with E-state index in [0.717, 1.165) is 0 Å². The Balaban J connectivity index is 1.43. The van der Waals surface area contributed by atoms with Gasteiger partial charge < -0.3 is 25.6 Å². The molecule has 4 N–H and O–H groups in total. The molecule has 0 bridgehead atoms. The number of halogens is 1. The van der Waals surface area contributed by atoms with Crippen molar-refractivity contribution in [1.29, 1.82) is 0 Å². The molecule has 2 saturated carbocycles. The van der Waals surface area contributed by atoms with Crippen molar-refractivity contribution in [2.75, 3.05) is 26.9 Å². The molecule has 16 nitrogen and oxygen atoms in total. The number of alkyl halides is 1. The van der Waals surface area contributed by atoms with Crippen molar-refractivity contribution in [2.45, 2.75) is 75.4 Å². The monoisotopic (exact) mass is 703 g/mol. The molecule has 3 aliphatic rings. The molecule has 2 aliphatic carbocycles. The van der Waals surface area contributed by atoms with Crippen molar-refractivity contribution in [2.24, 2.45) is 11.3 Å². The van der Waals surface area contributed by atoms with Crippen molar-refractivity contribution in [3.05, 3.63) is 36.9 Å². The number of methoxy groups -OCH3 is 1. The zero-order chi connectivity index (χ0) is 35.7. The van der Waals surface area contributed by atoms with Crippen LogP contribution in [0, 0.1) is 11.3 Å². The SMILES string of the molecule is C=C[C@@H]1C[C@]1(NC(=O)[C@@H]1C[C@@H](n2nnc(-c3ccc(OC)cc3)n2)CN1C(=O)[C@@H](NC(=O)NCCF)C(C)(C)C)C(=O)NS(=O)(=O)C1CC1. The average Bonchev–Trinajstić information content (AvgIpc) is 3.94. The number of tetrazole rings is 1. The summed E-state index contributed by atoms with van der Waals surface area (Å²) in [5.41, 5.74) is -1.77. The van der Waals surface area contributed by atoms with E-state index < -0.39 is 80.7 Å². The minimum atomic E-state index is -3.91. The molecule has 49 heavy (non-hydrogen) atoms. The second-order valence-electron chi connectivity index (χ2n) is 13.6. The number of sulfonamides is 1. The standard InChI is InChI=1S/C31H42FN9O7S/c1-6-19-16-31(19,28(44)38-49(46,47)22-11-12-22)35-26(42)23-15-20(41-37-25(36-39-41)18-7-9-21(48-5)10-8-18)17-40(23)27(43)24(30(2,3)4)34-29(45)33-14-13-32/h6-10,19-20,22-24H,1,11-17H2,2-5H3,(H,35,42)(H,38,44)(H2,33,34,45)/t19-,20-,23+,24-,31-/m1/s1. The smallest absolute Gasteiger partial charge is 0.315 e. The van der Waals surface area contributed by atoms with Gasteiger partial charge in [0.25, 0.3) is 5.91 Å². The first kappa shape index (κ1) is 35.7. The maximum absolute atomic E-state index is 14.3. The van der Waals surface area contributed by atoms with E-state index in [1.165, 1.54) is 15.8 Å². The Kier molecular flexibility index (Phi) is 9.99. The molecule has 5 rings (SSSR count). The van der Waals surface area contributed by atoms with Gasteiger partial charge in [-0.05, 0) is 54.2 Å².